The van der Waals surface area contributed by atoms with E-state index in [4.69, 9.17) is 4.52 Å². The molecule has 24 heavy (non-hydrogen) atoms. The summed E-state index contributed by atoms with van der Waals surface area (Å²) in [6, 6.07) is 1.97. The minimum absolute atomic E-state index is 0. The van der Waals surface area contributed by atoms with Crippen molar-refractivity contribution < 1.29 is 4.52 Å². The van der Waals surface area contributed by atoms with Gasteiger partial charge in [-0.3, -0.25) is 0 Å². The zero-order valence-corrected chi connectivity index (χ0v) is 16.9. The Balaban J connectivity index is 0.00000288. The summed E-state index contributed by atoms with van der Waals surface area (Å²) < 4.78 is 7.37. The molecule has 7 nitrogen and oxygen atoms in total. The van der Waals surface area contributed by atoms with Crippen molar-refractivity contribution in [2.75, 3.05) is 13.1 Å². The van der Waals surface area contributed by atoms with E-state index < -0.39 is 0 Å². The molecule has 0 saturated carbocycles. The number of nitrogens with zero attached hydrogens (tertiary/aromatic N) is 4. The Morgan fingerprint density at radius 1 is 1.38 bits per heavy atom. The van der Waals surface area contributed by atoms with Gasteiger partial charge in [-0.2, -0.15) is 0 Å². The first kappa shape index (κ1) is 20.5. The van der Waals surface area contributed by atoms with Crippen LogP contribution < -0.4 is 10.6 Å². The van der Waals surface area contributed by atoms with Gasteiger partial charge in [0.2, 0.25) is 0 Å². The summed E-state index contributed by atoms with van der Waals surface area (Å²) >= 11 is 0. The van der Waals surface area contributed by atoms with Gasteiger partial charge < -0.3 is 19.7 Å². The Bertz CT molecular complexity index is 593. The van der Waals surface area contributed by atoms with Gasteiger partial charge in [-0.05, 0) is 19.3 Å². The normalized spacial score (nSPS) is 11.4. The number of aromatic nitrogens is 3. The predicted octanol–water partition coefficient (Wildman–Crippen LogP) is 2.76. The van der Waals surface area contributed by atoms with Crippen LogP contribution in [0.1, 0.15) is 44.6 Å². The summed E-state index contributed by atoms with van der Waals surface area (Å²) in [5, 5.41) is 10.6. The van der Waals surface area contributed by atoms with Crippen LogP contribution in [0.3, 0.4) is 0 Å². The second-order valence-corrected chi connectivity index (χ2v) is 5.65. The summed E-state index contributed by atoms with van der Waals surface area (Å²) in [4.78, 5) is 8.57. The van der Waals surface area contributed by atoms with Gasteiger partial charge in [0.1, 0.15) is 6.54 Å². The maximum atomic E-state index is 5.31. The number of halogens is 1. The second kappa shape index (κ2) is 11.1. The van der Waals surface area contributed by atoms with Crippen LogP contribution in [0.5, 0.6) is 0 Å². The van der Waals surface area contributed by atoms with Crippen molar-refractivity contribution in [3.8, 4) is 0 Å². The molecule has 0 spiro atoms. The van der Waals surface area contributed by atoms with Crippen molar-refractivity contribution in [3.05, 3.63) is 36.2 Å². The maximum Gasteiger partial charge on any atom is 0.191 e. The fourth-order valence-electron chi connectivity index (χ4n) is 2.06. The number of nitrogens with one attached hydrogen (secondary N) is 2. The molecule has 0 aromatic carbocycles. The average molecular weight is 446 g/mol. The minimum Gasteiger partial charge on any atom is -0.359 e. The van der Waals surface area contributed by atoms with Crippen LogP contribution in [0.15, 0.2) is 34.3 Å². The fourth-order valence-corrected chi connectivity index (χ4v) is 2.06. The highest BCUT2D eigenvalue weighted by Gasteiger charge is 2.07. The summed E-state index contributed by atoms with van der Waals surface area (Å²) in [5.41, 5.74) is 0.966. The van der Waals surface area contributed by atoms with E-state index in [1.54, 1.807) is 6.20 Å². The lowest BCUT2D eigenvalue weighted by Gasteiger charge is -2.10. The van der Waals surface area contributed by atoms with Crippen molar-refractivity contribution in [2.24, 2.45) is 4.99 Å². The number of imidazole rings is 1. The van der Waals surface area contributed by atoms with Crippen molar-refractivity contribution >= 4 is 29.9 Å². The Hall–Kier alpha value is -1.58. The van der Waals surface area contributed by atoms with Crippen molar-refractivity contribution in [2.45, 2.75) is 46.2 Å². The molecule has 0 fully saturated rings. The van der Waals surface area contributed by atoms with Gasteiger partial charge in [0.15, 0.2) is 11.7 Å². The van der Waals surface area contributed by atoms with E-state index >= 15 is 0 Å². The van der Waals surface area contributed by atoms with E-state index in [1.165, 1.54) is 0 Å². The van der Waals surface area contributed by atoms with E-state index in [0.29, 0.717) is 12.5 Å². The SMILES string of the molecule is CCNC(=NCc1cc(C(C)C)no1)NCCCn1ccnc1.I. The standard InChI is InChI=1S/C16H26N6O.HI/c1-4-18-16(19-6-5-8-22-9-7-17-12-22)20-11-14-10-15(13(2)3)21-23-14;/h7,9-10,12-13H,4-6,8,11H2,1-3H3,(H2,18,19,20);1H. The van der Waals surface area contributed by atoms with Crippen molar-refractivity contribution in [1.29, 1.82) is 0 Å². The molecule has 0 atom stereocenters. The minimum atomic E-state index is 0. The van der Waals surface area contributed by atoms with Crippen LogP contribution in [0.2, 0.25) is 0 Å². The summed E-state index contributed by atoms with van der Waals surface area (Å²) in [6.45, 7) is 9.32. The highest BCUT2D eigenvalue weighted by Crippen LogP contribution is 2.14. The third-order valence-corrected chi connectivity index (χ3v) is 3.35. The van der Waals surface area contributed by atoms with Gasteiger partial charge in [0, 0.05) is 38.1 Å². The van der Waals surface area contributed by atoms with Crippen molar-refractivity contribution in [3.63, 3.8) is 0 Å². The lowest BCUT2D eigenvalue weighted by molar-refractivity contribution is 0.376. The zero-order valence-electron chi connectivity index (χ0n) is 14.5. The Kier molecular flexibility index (Phi) is 9.43. The molecule has 0 saturated heterocycles. The molecular formula is C16H27IN6O. The van der Waals surface area contributed by atoms with Crippen LogP contribution >= 0.6 is 24.0 Å². The Labute approximate surface area is 160 Å². The number of aliphatic imine (C=N–C) groups is 1. The number of hydrogen-bond acceptors (Lipinski definition) is 4. The van der Waals surface area contributed by atoms with Crippen molar-refractivity contribution in [1.82, 2.24) is 25.3 Å². The molecule has 0 unspecified atom stereocenters. The monoisotopic (exact) mass is 446 g/mol. The molecule has 0 bridgehead atoms. The molecule has 2 N–H and O–H groups in total. The Morgan fingerprint density at radius 3 is 2.83 bits per heavy atom. The summed E-state index contributed by atoms with van der Waals surface area (Å²) in [7, 11) is 0. The van der Waals surface area contributed by atoms with E-state index in [-0.39, 0.29) is 24.0 Å². The number of aryl methyl sites for hydroxylation is 1. The molecule has 2 rings (SSSR count). The third-order valence-electron chi connectivity index (χ3n) is 3.35. The quantitative estimate of drug-likeness (QED) is 0.282. The molecule has 134 valence electrons. The first-order valence-corrected chi connectivity index (χ1v) is 8.12. The molecule has 0 amide bonds. The number of guanidine groups is 1. The lowest BCUT2D eigenvalue weighted by atomic mass is 10.1. The molecule has 0 aliphatic carbocycles. The smallest absolute Gasteiger partial charge is 0.191 e. The highest BCUT2D eigenvalue weighted by atomic mass is 127. The van der Waals surface area contributed by atoms with Crippen LogP contribution in [0, 0.1) is 0 Å². The van der Waals surface area contributed by atoms with Gasteiger partial charge in [-0.25, -0.2) is 9.98 Å². The van der Waals surface area contributed by atoms with Crippen LogP contribution in [-0.4, -0.2) is 33.8 Å². The predicted molar refractivity (Wildman–Crippen MR) is 106 cm³/mol. The molecule has 0 aliphatic rings. The van der Waals surface area contributed by atoms with Gasteiger partial charge in [0.25, 0.3) is 0 Å². The lowest BCUT2D eigenvalue weighted by Crippen LogP contribution is -2.38. The van der Waals surface area contributed by atoms with E-state index in [9.17, 15) is 0 Å². The first-order valence-electron chi connectivity index (χ1n) is 8.12. The summed E-state index contributed by atoms with van der Waals surface area (Å²) in [5.74, 6) is 1.94. The Morgan fingerprint density at radius 2 is 2.21 bits per heavy atom. The number of rotatable bonds is 8. The van der Waals surface area contributed by atoms with Crippen LogP contribution in [0.25, 0.3) is 0 Å². The first-order chi connectivity index (χ1) is 11.2. The topological polar surface area (TPSA) is 80.3 Å². The van der Waals surface area contributed by atoms with Crippen LogP contribution in [-0.2, 0) is 13.1 Å². The molecule has 2 aromatic heterocycles. The third kappa shape index (κ3) is 6.90. The van der Waals surface area contributed by atoms with Crippen LogP contribution in [0.4, 0.5) is 0 Å². The zero-order chi connectivity index (χ0) is 16.5. The van der Waals surface area contributed by atoms with Gasteiger partial charge in [0.05, 0.1) is 12.0 Å². The van der Waals surface area contributed by atoms with E-state index in [2.05, 4.69) is 44.2 Å². The molecular weight excluding hydrogens is 419 g/mol. The fraction of sp³-hybridized carbons (Fsp3) is 0.562. The van der Waals surface area contributed by atoms with Gasteiger partial charge in [-0.15, -0.1) is 24.0 Å². The van der Waals surface area contributed by atoms with E-state index in [1.807, 2.05) is 25.5 Å². The largest absolute Gasteiger partial charge is 0.359 e. The highest BCUT2D eigenvalue weighted by molar-refractivity contribution is 14.0. The van der Waals surface area contributed by atoms with Gasteiger partial charge in [-0.1, -0.05) is 19.0 Å². The molecule has 2 aromatic rings. The molecule has 0 aliphatic heterocycles. The number of hydrogen-bond donors (Lipinski definition) is 2. The maximum absolute atomic E-state index is 5.31. The molecule has 2 heterocycles. The summed E-state index contributed by atoms with van der Waals surface area (Å²) in [6.07, 6.45) is 6.59. The average Bonchev–Trinajstić information content (AvgIpc) is 3.20. The van der Waals surface area contributed by atoms with E-state index in [0.717, 1.165) is 43.5 Å². The molecule has 8 heteroatoms. The van der Waals surface area contributed by atoms with Gasteiger partial charge >= 0.3 is 0 Å². The molecule has 0 radical (unpaired) electrons. The second-order valence-electron chi connectivity index (χ2n) is 5.65.